The summed E-state index contributed by atoms with van der Waals surface area (Å²) in [5.74, 6) is -1.28. The maximum absolute atomic E-state index is 11.5. The van der Waals surface area contributed by atoms with Crippen LogP contribution in [0.5, 0.6) is 0 Å². The maximum Gasteiger partial charge on any atom is 0.326 e. The van der Waals surface area contributed by atoms with E-state index in [2.05, 4.69) is 10.6 Å². The monoisotopic (exact) mass is 258 g/mol. The van der Waals surface area contributed by atoms with E-state index in [9.17, 15) is 14.4 Å². The van der Waals surface area contributed by atoms with Crippen molar-refractivity contribution in [1.82, 2.24) is 10.6 Å². The molecule has 1 unspecified atom stereocenters. The van der Waals surface area contributed by atoms with Crippen molar-refractivity contribution in [1.29, 1.82) is 0 Å². The molecule has 1 atom stereocenters. The summed E-state index contributed by atoms with van der Waals surface area (Å²) in [4.78, 5) is 33.4. The van der Waals surface area contributed by atoms with Crippen LogP contribution in [0.2, 0.25) is 0 Å². The van der Waals surface area contributed by atoms with Gasteiger partial charge in [0.1, 0.15) is 6.04 Å². The Balaban J connectivity index is 4.03. The Morgan fingerprint density at radius 3 is 2.11 bits per heavy atom. The molecule has 0 heterocycles. The number of carboxylic acid groups (broad SMARTS) is 1. The van der Waals surface area contributed by atoms with Gasteiger partial charge in [-0.05, 0) is 18.8 Å². The van der Waals surface area contributed by atoms with Crippen molar-refractivity contribution in [2.75, 3.05) is 7.05 Å². The summed E-state index contributed by atoms with van der Waals surface area (Å²) in [6.45, 7) is 3.79. The van der Waals surface area contributed by atoms with Gasteiger partial charge >= 0.3 is 5.97 Å². The van der Waals surface area contributed by atoms with E-state index in [4.69, 9.17) is 5.11 Å². The van der Waals surface area contributed by atoms with Gasteiger partial charge in [0.15, 0.2) is 0 Å². The lowest BCUT2D eigenvalue weighted by atomic mass is 10.0. The van der Waals surface area contributed by atoms with Gasteiger partial charge in [0.25, 0.3) is 0 Å². The van der Waals surface area contributed by atoms with Crippen molar-refractivity contribution < 1.29 is 19.5 Å². The third-order valence-electron chi connectivity index (χ3n) is 2.43. The number of hydrogen-bond donors (Lipinski definition) is 3. The molecule has 6 nitrogen and oxygen atoms in total. The van der Waals surface area contributed by atoms with Crippen LogP contribution in [-0.2, 0) is 14.4 Å². The molecule has 0 saturated heterocycles. The van der Waals surface area contributed by atoms with Crippen LogP contribution in [0.4, 0.5) is 0 Å². The number of carboxylic acids is 1. The van der Waals surface area contributed by atoms with Crippen molar-refractivity contribution in [2.24, 2.45) is 5.92 Å². The summed E-state index contributed by atoms with van der Waals surface area (Å²) in [6, 6.07) is -0.850. The number of amides is 2. The van der Waals surface area contributed by atoms with Crippen LogP contribution in [0, 0.1) is 5.92 Å². The van der Waals surface area contributed by atoms with Gasteiger partial charge in [-0.15, -0.1) is 0 Å². The van der Waals surface area contributed by atoms with Gasteiger partial charge < -0.3 is 15.7 Å². The van der Waals surface area contributed by atoms with E-state index in [1.54, 1.807) is 0 Å². The number of nitrogens with one attached hydrogen (secondary N) is 2. The maximum atomic E-state index is 11.5. The van der Waals surface area contributed by atoms with Crippen molar-refractivity contribution in [3.05, 3.63) is 0 Å². The zero-order valence-corrected chi connectivity index (χ0v) is 11.2. The number of carbonyl (C=O) groups excluding carboxylic acids is 2. The molecule has 2 amide bonds. The fourth-order valence-corrected chi connectivity index (χ4v) is 1.49. The molecule has 0 aliphatic carbocycles. The van der Waals surface area contributed by atoms with Gasteiger partial charge in [0, 0.05) is 19.9 Å². The van der Waals surface area contributed by atoms with E-state index >= 15 is 0 Å². The predicted molar refractivity (Wildman–Crippen MR) is 66.9 cm³/mol. The average molecular weight is 258 g/mol. The molecule has 3 N–H and O–H groups in total. The Bertz CT molecular complexity index is 302. The number of rotatable bonds is 8. The SMILES string of the molecule is CNC(=O)CCCC(=O)NC(CC(C)C)C(=O)O. The number of aliphatic carboxylic acids is 1. The van der Waals surface area contributed by atoms with Gasteiger partial charge in [-0.2, -0.15) is 0 Å². The largest absolute Gasteiger partial charge is 0.480 e. The van der Waals surface area contributed by atoms with Crippen molar-refractivity contribution in [2.45, 2.75) is 45.6 Å². The van der Waals surface area contributed by atoms with Gasteiger partial charge in [-0.25, -0.2) is 4.79 Å². The molecule has 0 aliphatic heterocycles. The van der Waals surface area contributed by atoms with Crippen LogP contribution in [0.3, 0.4) is 0 Å². The molecule has 0 fully saturated rings. The van der Waals surface area contributed by atoms with Crippen LogP contribution >= 0.6 is 0 Å². The Morgan fingerprint density at radius 1 is 1.11 bits per heavy atom. The fraction of sp³-hybridized carbons (Fsp3) is 0.750. The van der Waals surface area contributed by atoms with Crippen LogP contribution in [0.25, 0.3) is 0 Å². The summed E-state index contributed by atoms with van der Waals surface area (Å²) in [6.07, 6.45) is 1.25. The van der Waals surface area contributed by atoms with E-state index < -0.39 is 12.0 Å². The minimum atomic E-state index is -1.02. The molecule has 18 heavy (non-hydrogen) atoms. The zero-order valence-electron chi connectivity index (χ0n) is 11.2. The molecule has 0 bridgehead atoms. The molecular formula is C12H22N2O4. The molecule has 0 aromatic heterocycles. The average Bonchev–Trinajstić information content (AvgIpc) is 2.27. The van der Waals surface area contributed by atoms with E-state index in [0.717, 1.165) is 0 Å². The molecule has 0 radical (unpaired) electrons. The second-order valence-electron chi connectivity index (χ2n) is 4.61. The minimum absolute atomic E-state index is 0.125. The van der Waals surface area contributed by atoms with Crippen LogP contribution in [-0.4, -0.2) is 36.0 Å². The highest BCUT2D eigenvalue weighted by atomic mass is 16.4. The quantitative estimate of drug-likeness (QED) is 0.591. The van der Waals surface area contributed by atoms with E-state index in [1.165, 1.54) is 7.05 Å². The minimum Gasteiger partial charge on any atom is -0.480 e. The normalized spacial score (nSPS) is 12.0. The molecule has 0 aromatic rings. The van der Waals surface area contributed by atoms with E-state index in [-0.39, 0.29) is 30.6 Å². The first-order valence-corrected chi connectivity index (χ1v) is 6.09. The van der Waals surface area contributed by atoms with E-state index in [0.29, 0.717) is 12.8 Å². The lowest BCUT2D eigenvalue weighted by Gasteiger charge is -2.16. The van der Waals surface area contributed by atoms with Crippen molar-refractivity contribution in [3.63, 3.8) is 0 Å². The lowest BCUT2D eigenvalue weighted by Crippen LogP contribution is -2.41. The van der Waals surface area contributed by atoms with Crippen LogP contribution in [0.15, 0.2) is 0 Å². The van der Waals surface area contributed by atoms with Crippen molar-refractivity contribution in [3.8, 4) is 0 Å². The Kier molecular flexibility index (Phi) is 7.74. The van der Waals surface area contributed by atoms with Gasteiger partial charge in [-0.3, -0.25) is 9.59 Å². The Morgan fingerprint density at radius 2 is 1.67 bits per heavy atom. The molecule has 0 aromatic carbocycles. The summed E-state index contributed by atoms with van der Waals surface area (Å²) < 4.78 is 0. The first-order valence-electron chi connectivity index (χ1n) is 6.09. The molecule has 0 spiro atoms. The van der Waals surface area contributed by atoms with E-state index in [1.807, 2.05) is 13.8 Å². The Hall–Kier alpha value is -1.59. The van der Waals surface area contributed by atoms with Crippen LogP contribution < -0.4 is 10.6 Å². The summed E-state index contributed by atoms with van der Waals surface area (Å²) in [5.41, 5.74) is 0. The standard InChI is InChI=1S/C12H22N2O4/c1-8(2)7-9(12(17)18)14-11(16)6-4-5-10(15)13-3/h8-9H,4-7H2,1-3H3,(H,13,15)(H,14,16)(H,17,18). The lowest BCUT2D eigenvalue weighted by molar-refractivity contribution is -0.142. The summed E-state index contributed by atoms with van der Waals surface area (Å²) in [7, 11) is 1.53. The molecule has 0 rings (SSSR count). The highest BCUT2D eigenvalue weighted by Gasteiger charge is 2.20. The summed E-state index contributed by atoms with van der Waals surface area (Å²) in [5, 5.41) is 13.9. The molecule has 0 saturated carbocycles. The van der Waals surface area contributed by atoms with Crippen molar-refractivity contribution >= 4 is 17.8 Å². The zero-order chi connectivity index (χ0) is 14.1. The first-order chi connectivity index (χ1) is 8.36. The predicted octanol–water partition coefficient (Wildman–Crippen LogP) is 0.518. The fourth-order valence-electron chi connectivity index (χ4n) is 1.49. The van der Waals surface area contributed by atoms with Gasteiger partial charge in [-0.1, -0.05) is 13.8 Å². The third-order valence-corrected chi connectivity index (χ3v) is 2.43. The molecule has 6 heteroatoms. The Labute approximate surface area is 107 Å². The first kappa shape index (κ1) is 16.4. The second-order valence-corrected chi connectivity index (χ2v) is 4.61. The highest BCUT2D eigenvalue weighted by molar-refractivity contribution is 5.84. The van der Waals surface area contributed by atoms with Gasteiger partial charge in [0.2, 0.25) is 11.8 Å². The smallest absolute Gasteiger partial charge is 0.326 e. The van der Waals surface area contributed by atoms with Crippen LogP contribution in [0.1, 0.15) is 39.5 Å². The summed E-state index contributed by atoms with van der Waals surface area (Å²) >= 11 is 0. The second kappa shape index (κ2) is 8.49. The number of carbonyl (C=O) groups is 3. The molecule has 104 valence electrons. The molecule has 0 aliphatic rings. The highest BCUT2D eigenvalue weighted by Crippen LogP contribution is 2.06. The van der Waals surface area contributed by atoms with Gasteiger partial charge in [0.05, 0.1) is 0 Å². The third kappa shape index (κ3) is 7.65. The topological polar surface area (TPSA) is 95.5 Å². The molecular weight excluding hydrogens is 236 g/mol. The number of hydrogen-bond acceptors (Lipinski definition) is 3.